The van der Waals surface area contributed by atoms with E-state index in [4.69, 9.17) is 0 Å². The maximum Gasteiger partial charge on any atom is 0.243 e. The Balaban J connectivity index is 1.88. The molecule has 0 unspecified atom stereocenters. The first-order valence-corrected chi connectivity index (χ1v) is 15.7. The van der Waals surface area contributed by atoms with Crippen molar-refractivity contribution in [1.29, 1.82) is 0 Å². The van der Waals surface area contributed by atoms with Crippen LogP contribution in [0, 0.1) is 6.92 Å². The fourth-order valence-electron chi connectivity index (χ4n) is 4.48. The normalized spacial score (nSPS) is 12.8. The number of sulfonamides is 1. The molecule has 0 aromatic heterocycles. The van der Waals surface area contributed by atoms with Crippen LogP contribution in [-0.4, -0.2) is 50.0 Å². The number of carbonyl (C=O) groups excluding carboxylic acids is 2. The van der Waals surface area contributed by atoms with E-state index >= 15 is 0 Å². The lowest BCUT2D eigenvalue weighted by atomic mass is 10.0. The lowest BCUT2D eigenvalue weighted by molar-refractivity contribution is -0.141. The van der Waals surface area contributed by atoms with Crippen LogP contribution in [0.1, 0.15) is 49.8 Å². The molecule has 0 aliphatic carbocycles. The molecule has 0 radical (unpaired) electrons. The van der Waals surface area contributed by atoms with E-state index in [2.05, 4.69) is 5.32 Å². The van der Waals surface area contributed by atoms with E-state index in [-0.39, 0.29) is 37.4 Å². The van der Waals surface area contributed by atoms with Crippen molar-refractivity contribution in [2.75, 3.05) is 17.1 Å². The van der Waals surface area contributed by atoms with Gasteiger partial charge in [-0.05, 0) is 49.9 Å². The van der Waals surface area contributed by atoms with E-state index < -0.39 is 16.1 Å². The highest BCUT2D eigenvalue weighted by Gasteiger charge is 2.31. The number of nitrogens with one attached hydrogen (secondary N) is 1. The van der Waals surface area contributed by atoms with Crippen molar-refractivity contribution in [3.8, 4) is 0 Å². The molecule has 0 spiro atoms. The third kappa shape index (κ3) is 9.23. The Morgan fingerprint density at radius 1 is 0.875 bits per heavy atom. The number of anilines is 1. The van der Waals surface area contributed by atoms with Gasteiger partial charge in [0.2, 0.25) is 21.8 Å². The SMILES string of the molecule is CC[C@@H](C)NC(=O)[C@@H](Cc1ccccc1)N(Cc1ccc(C)cc1)C(=O)CCCN(c1ccccc1)S(C)(=O)=O. The van der Waals surface area contributed by atoms with Gasteiger partial charge in [-0.2, -0.15) is 0 Å². The Bertz CT molecular complexity index is 1330. The second-order valence-corrected chi connectivity index (χ2v) is 12.2. The summed E-state index contributed by atoms with van der Waals surface area (Å²) in [5.41, 5.74) is 3.55. The van der Waals surface area contributed by atoms with Crippen molar-refractivity contribution in [2.45, 2.75) is 65.1 Å². The van der Waals surface area contributed by atoms with Crippen LogP contribution in [0.5, 0.6) is 0 Å². The van der Waals surface area contributed by atoms with Gasteiger partial charge in [-0.15, -0.1) is 0 Å². The second kappa shape index (κ2) is 14.7. The van der Waals surface area contributed by atoms with Crippen molar-refractivity contribution < 1.29 is 18.0 Å². The Hall–Kier alpha value is -3.65. The number of hydrogen-bond acceptors (Lipinski definition) is 4. The van der Waals surface area contributed by atoms with Gasteiger partial charge in [-0.3, -0.25) is 13.9 Å². The molecule has 2 amide bonds. The van der Waals surface area contributed by atoms with Gasteiger partial charge in [0.15, 0.2) is 0 Å². The molecule has 214 valence electrons. The summed E-state index contributed by atoms with van der Waals surface area (Å²) in [6, 6.07) is 25.8. The predicted molar refractivity (Wildman–Crippen MR) is 161 cm³/mol. The number of hydrogen-bond donors (Lipinski definition) is 1. The minimum atomic E-state index is -3.53. The highest BCUT2D eigenvalue weighted by Crippen LogP contribution is 2.20. The summed E-state index contributed by atoms with van der Waals surface area (Å²) >= 11 is 0. The molecule has 7 nitrogen and oxygen atoms in total. The largest absolute Gasteiger partial charge is 0.352 e. The third-order valence-corrected chi connectivity index (χ3v) is 8.14. The van der Waals surface area contributed by atoms with Crippen LogP contribution in [0.4, 0.5) is 5.69 Å². The molecule has 0 aliphatic heterocycles. The third-order valence-electron chi connectivity index (χ3n) is 6.94. The molecule has 3 aromatic carbocycles. The van der Waals surface area contributed by atoms with Crippen LogP contribution in [-0.2, 0) is 32.6 Å². The Morgan fingerprint density at radius 3 is 2.05 bits per heavy atom. The summed E-state index contributed by atoms with van der Waals surface area (Å²) in [5, 5.41) is 3.08. The van der Waals surface area contributed by atoms with Crippen molar-refractivity contribution in [3.63, 3.8) is 0 Å². The lowest BCUT2D eigenvalue weighted by Gasteiger charge is -2.32. The van der Waals surface area contributed by atoms with Crippen LogP contribution in [0.2, 0.25) is 0 Å². The van der Waals surface area contributed by atoms with Gasteiger partial charge in [0, 0.05) is 32.0 Å². The predicted octanol–water partition coefficient (Wildman–Crippen LogP) is 5.10. The quantitative estimate of drug-likeness (QED) is 0.296. The smallest absolute Gasteiger partial charge is 0.243 e. The summed E-state index contributed by atoms with van der Waals surface area (Å²) in [6.07, 6.45) is 2.74. The molecular weight excluding hydrogens is 522 g/mol. The Labute approximate surface area is 239 Å². The van der Waals surface area contributed by atoms with Gasteiger partial charge in [-0.1, -0.05) is 85.3 Å². The van der Waals surface area contributed by atoms with Crippen molar-refractivity contribution in [1.82, 2.24) is 10.2 Å². The van der Waals surface area contributed by atoms with Crippen molar-refractivity contribution in [3.05, 3.63) is 102 Å². The van der Waals surface area contributed by atoms with E-state index in [1.807, 2.05) is 81.4 Å². The maximum absolute atomic E-state index is 13.9. The number of benzene rings is 3. The molecule has 3 rings (SSSR count). The summed E-state index contributed by atoms with van der Waals surface area (Å²) in [7, 11) is -3.53. The number of nitrogens with zero attached hydrogens (tertiary/aromatic N) is 2. The van der Waals surface area contributed by atoms with Crippen LogP contribution in [0.3, 0.4) is 0 Å². The van der Waals surface area contributed by atoms with Crippen LogP contribution in [0.25, 0.3) is 0 Å². The summed E-state index contributed by atoms with van der Waals surface area (Å²) in [5.74, 6) is -0.386. The minimum absolute atomic E-state index is 0.0312. The molecule has 0 bridgehead atoms. The van der Waals surface area contributed by atoms with E-state index in [0.29, 0.717) is 18.5 Å². The first-order valence-electron chi connectivity index (χ1n) is 13.8. The van der Waals surface area contributed by atoms with Crippen LogP contribution >= 0.6 is 0 Å². The molecule has 0 aliphatic rings. The number of carbonyl (C=O) groups is 2. The average molecular weight is 564 g/mol. The summed E-state index contributed by atoms with van der Waals surface area (Å²) in [4.78, 5) is 29.1. The van der Waals surface area contributed by atoms with Crippen LogP contribution < -0.4 is 9.62 Å². The van der Waals surface area contributed by atoms with Crippen molar-refractivity contribution in [2.24, 2.45) is 0 Å². The van der Waals surface area contributed by atoms with Gasteiger partial charge in [0.25, 0.3) is 0 Å². The monoisotopic (exact) mass is 563 g/mol. The number of para-hydroxylation sites is 1. The maximum atomic E-state index is 13.9. The number of amides is 2. The Morgan fingerprint density at radius 2 is 1.48 bits per heavy atom. The zero-order valence-corrected chi connectivity index (χ0v) is 24.7. The van der Waals surface area contributed by atoms with Gasteiger partial charge >= 0.3 is 0 Å². The van der Waals surface area contributed by atoms with Gasteiger partial charge < -0.3 is 10.2 Å². The molecule has 0 fully saturated rings. The summed E-state index contributed by atoms with van der Waals surface area (Å²) < 4.78 is 26.4. The fourth-order valence-corrected chi connectivity index (χ4v) is 5.45. The van der Waals surface area contributed by atoms with Gasteiger partial charge in [-0.25, -0.2) is 8.42 Å². The topological polar surface area (TPSA) is 86.8 Å². The van der Waals surface area contributed by atoms with E-state index in [1.165, 1.54) is 10.6 Å². The highest BCUT2D eigenvalue weighted by atomic mass is 32.2. The standard InChI is InChI=1S/C32H41N3O4S/c1-5-26(3)33-32(37)30(23-27-13-8-6-9-14-27)34(24-28-20-18-25(2)19-21-28)31(36)17-12-22-35(40(4,38)39)29-15-10-7-11-16-29/h6-11,13-16,18-21,26,30H,5,12,17,22-24H2,1-4H3,(H,33,37)/t26-,30-/m1/s1. The molecule has 8 heteroatoms. The van der Waals surface area contributed by atoms with Gasteiger partial charge in [0.1, 0.15) is 6.04 Å². The molecule has 3 aromatic rings. The molecule has 0 heterocycles. The molecule has 40 heavy (non-hydrogen) atoms. The first kappa shape index (κ1) is 30.9. The first-order chi connectivity index (χ1) is 19.1. The molecule has 1 N–H and O–H groups in total. The zero-order chi connectivity index (χ0) is 29.1. The van der Waals surface area contributed by atoms with E-state index in [0.717, 1.165) is 23.1 Å². The molecular formula is C32H41N3O4S. The second-order valence-electron chi connectivity index (χ2n) is 10.3. The number of aryl methyl sites for hydroxylation is 1. The average Bonchev–Trinajstić information content (AvgIpc) is 2.94. The van der Waals surface area contributed by atoms with E-state index in [9.17, 15) is 18.0 Å². The van der Waals surface area contributed by atoms with Crippen molar-refractivity contribution >= 4 is 27.5 Å². The van der Waals surface area contributed by atoms with Gasteiger partial charge in [0.05, 0.1) is 11.9 Å². The highest BCUT2D eigenvalue weighted by molar-refractivity contribution is 7.92. The molecule has 0 saturated carbocycles. The minimum Gasteiger partial charge on any atom is -0.352 e. The lowest BCUT2D eigenvalue weighted by Crippen LogP contribution is -2.52. The summed E-state index contributed by atoms with van der Waals surface area (Å²) in [6.45, 7) is 6.40. The molecule has 2 atom stereocenters. The zero-order valence-electron chi connectivity index (χ0n) is 23.9. The molecule has 0 saturated heterocycles. The van der Waals surface area contributed by atoms with Crippen LogP contribution in [0.15, 0.2) is 84.9 Å². The number of rotatable bonds is 14. The Kier molecular flexibility index (Phi) is 11.3. The fraction of sp³-hybridized carbons (Fsp3) is 0.375. The van der Waals surface area contributed by atoms with E-state index in [1.54, 1.807) is 29.2 Å².